The highest BCUT2D eigenvalue weighted by molar-refractivity contribution is 6.30. The van der Waals surface area contributed by atoms with Crippen LogP contribution in [0.2, 0.25) is 5.02 Å². The zero-order valence-corrected chi connectivity index (χ0v) is 14.8. The summed E-state index contributed by atoms with van der Waals surface area (Å²) in [6.07, 6.45) is 2.20. The highest BCUT2D eigenvalue weighted by atomic mass is 35.5. The van der Waals surface area contributed by atoms with Crippen molar-refractivity contribution in [2.75, 3.05) is 20.2 Å². The summed E-state index contributed by atoms with van der Waals surface area (Å²) in [6.45, 7) is 1.56. The van der Waals surface area contributed by atoms with Crippen molar-refractivity contribution in [3.05, 3.63) is 59.9 Å². The third-order valence-corrected chi connectivity index (χ3v) is 4.25. The van der Waals surface area contributed by atoms with E-state index in [1.807, 2.05) is 41.0 Å². The maximum absolute atomic E-state index is 12.3. The number of ether oxygens (including phenoxy) is 1. The SMILES string of the molecule is CN(CCOc1cccc(Cl)c1)C(=O)CCn1cnc2ccccc21. The van der Waals surface area contributed by atoms with Gasteiger partial charge in [-0.2, -0.15) is 0 Å². The van der Waals surface area contributed by atoms with Crippen LogP contribution < -0.4 is 4.74 Å². The zero-order valence-electron chi connectivity index (χ0n) is 14.1. The van der Waals surface area contributed by atoms with Crippen molar-refractivity contribution in [1.82, 2.24) is 14.5 Å². The lowest BCUT2D eigenvalue weighted by molar-refractivity contribution is -0.130. The summed E-state index contributed by atoms with van der Waals surface area (Å²) in [6, 6.07) is 15.1. The standard InChI is InChI=1S/C19H20ClN3O2/c1-22(11-12-25-16-6-4-5-15(20)13-16)19(24)9-10-23-14-21-17-7-2-3-8-18(17)23/h2-8,13-14H,9-12H2,1H3. The Morgan fingerprint density at radius 1 is 1.24 bits per heavy atom. The van der Waals surface area contributed by atoms with Gasteiger partial charge in [0.15, 0.2) is 0 Å². The minimum absolute atomic E-state index is 0.0764. The van der Waals surface area contributed by atoms with Crippen LogP contribution in [0.25, 0.3) is 11.0 Å². The number of likely N-dealkylation sites (N-methyl/N-ethyl adjacent to an activating group) is 1. The molecule has 0 N–H and O–H groups in total. The molecule has 5 nitrogen and oxygen atoms in total. The Labute approximate surface area is 151 Å². The fourth-order valence-corrected chi connectivity index (χ4v) is 2.76. The first kappa shape index (κ1) is 17.3. The predicted octanol–water partition coefficient (Wildman–Crippen LogP) is 3.62. The van der Waals surface area contributed by atoms with Gasteiger partial charge in [0.05, 0.1) is 23.9 Å². The van der Waals surface area contributed by atoms with Crippen molar-refractivity contribution in [1.29, 1.82) is 0 Å². The van der Waals surface area contributed by atoms with Crippen molar-refractivity contribution in [3.63, 3.8) is 0 Å². The van der Waals surface area contributed by atoms with E-state index >= 15 is 0 Å². The number of nitrogens with zero attached hydrogens (tertiary/aromatic N) is 3. The van der Waals surface area contributed by atoms with E-state index in [1.54, 1.807) is 30.4 Å². The van der Waals surface area contributed by atoms with Crippen LogP contribution in [0.4, 0.5) is 0 Å². The molecule has 2 aromatic carbocycles. The van der Waals surface area contributed by atoms with Gasteiger partial charge in [-0.1, -0.05) is 29.8 Å². The summed E-state index contributed by atoms with van der Waals surface area (Å²) in [7, 11) is 1.79. The number of hydrogen-bond acceptors (Lipinski definition) is 3. The van der Waals surface area contributed by atoms with Crippen molar-refractivity contribution < 1.29 is 9.53 Å². The molecule has 3 aromatic rings. The maximum atomic E-state index is 12.3. The fourth-order valence-electron chi connectivity index (χ4n) is 2.58. The summed E-state index contributed by atoms with van der Waals surface area (Å²) >= 11 is 5.92. The van der Waals surface area contributed by atoms with E-state index < -0.39 is 0 Å². The number of carbonyl (C=O) groups is 1. The van der Waals surface area contributed by atoms with Gasteiger partial charge in [0.25, 0.3) is 0 Å². The molecule has 0 unspecified atom stereocenters. The number of aryl methyl sites for hydroxylation is 1. The molecule has 0 saturated heterocycles. The molecule has 130 valence electrons. The lowest BCUT2D eigenvalue weighted by Gasteiger charge is -2.18. The molecule has 0 spiro atoms. The molecule has 0 bridgehead atoms. The molecule has 0 radical (unpaired) electrons. The van der Waals surface area contributed by atoms with Gasteiger partial charge in [-0.15, -0.1) is 0 Å². The average molecular weight is 358 g/mol. The number of imidazole rings is 1. The van der Waals surface area contributed by atoms with Crippen LogP contribution >= 0.6 is 11.6 Å². The molecule has 0 atom stereocenters. The second-order valence-corrected chi connectivity index (χ2v) is 6.23. The van der Waals surface area contributed by atoms with E-state index in [4.69, 9.17) is 16.3 Å². The minimum Gasteiger partial charge on any atom is -0.492 e. The summed E-state index contributed by atoms with van der Waals surface area (Å²) in [5.74, 6) is 0.783. The van der Waals surface area contributed by atoms with Gasteiger partial charge in [0.1, 0.15) is 12.4 Å². The molecule has 1 heterocycles. The van der Waals surface area contributed by atoms with Gasteiger partial charge in [-0.25, -0.2) is 4.98 Å². The van der Waals surface area contributed by atoms with Gasteiger partial charge in [0, 0.05) is 25.0 Å². The lowest BCUT2D eigenvalue weighted by Crippen LogP contribution is -2.31. The summed E-state index contributed by atoms with van der Waals surface area (Å²) in [5.41, 5.74) is 1.99. The summed E-state index contributed by atoms with van der Waals surface area (Å²) < 4.78 is 7.63. The van der Waals surface area contributed by atoms with Crippen LogP contribution in [-0.4, -0.2) is 40.6 Å². The van der Waals surface area contributed by atoms with Crippen molar-refractivity contribution in [2.24, 2.45) is 0 Å². The zero-order chi connectivity index (χ0) is 17.6. The molecule has 1 aromatic heterocycles. The first-order chi connectivity index (χ1) is 12.1. The largest absolute Gasteiger partial charge is 0.492 e. The van der Waals surface area contributed by atoms with Crippen LogP contribution in [0, 0.1) is 0 Å². The van der Waals surface area contributed by atoms with Crippen LogP contribution in [0.3, 0.4) is 0 Å². The summed E-state index contributed by atoms with van der Waals surface area (Å²) in [4.78, 5) is 18.3. The van der Waals surface area contributed by atoms with Gasteiger partial charge < -0.3 is 14.2 Å². The lowest BCUT2D eigenvalue weighted by atomic mass is 10.3. The highest BCUT2D eigenvalue weighted by Gasteiger charge is 2.10. The molecule has 0 aliphatic heterocycles. The van der Waals surface area contributed by atoms with E-state index in [-0.39, 0.29) is 5.91 Å². The van der Waals surface area contributed by atoms with Gasteiger partial charge in [-0.05, 0) is 30.3 Å². The maximum Gasteiger partial charge on any atom is 0.224 e. The Kier molecular flexibility index (Phi) is 5.56. The molecule has 0 aliphatic rings. The number of amides is 1. The number of rotatable bonds is 7. The number of benzene rings is 2. The second-order valence-electron chi connectivity index (χ2n) is 5.80. The number of carbonyl (C=O) groups excluding carboxylic acids is 1. The normalized spacial score (nSPS) is 10.8. The molecule has 6 heteroatoms. The third kappa shape index (κ3) is 4.51. The Hall–Kier alpha value is -2.53. The number of fused-ring (bicyclic) bond motifs is 1. The highest BCUT2D eigenvalue weighted by Crippen LogP contribution is 2.17. The molecular weight excluding hydrogens is 338 g/mol. The molecule has 0 fully saturated rings. The van der Waals surface area contributed by atoms with Gasteiger partial charge >= 0.3 is 0 Å². The Bertz CT molecular complexity index is 863. The van der Waals surface area contributed by atoms with Crippen LogP contribution in [-0.2, 0) is 11.3 Å². The molecule has 3 rings (SSSR count). The fraction of sp³-hybridized carbons (Fsp3) is 0.263. The topological polar surface area (TPSA) is 47.4 Å². The first-order valence-corrected chi connectivity index (χ1v) is 8.53. The molecule has 0 saturated carbocycles. The second kappa shape index (κ2) is 8.03. The Balaban J connectivity index is 1.46. The molecule has 1 amide bonds. The van der Waals surface area contributed by atoms with E-state index in [9.17, 15) is 4.79 Å². The monoisotopic (exact) mass is 357 g/mol. The van der Waals surface area contributed by atoms with Crippen LogP contribution in [0.15, 0.2) is 54.9 Å². The Morgan fingerprint density at radius 3 is 2.92 bits per heavy atom. The van der Waals surface area contributed by atoms with E-state index in [2.05, 4.69) is 4.98 Å². The van der Waals surface area contributed by atoms with Crippen LogP contribution in [0.5, 0.6) is 5.75 Å². The van der Waals surface area contributed by atoms with E-state index in [0.29, 0.717) is 36.9 Å². The predicted molar refractivity (Wildman–Crippen MR) is 98.9 cm³/mol. The first-order valence-electron chi connectivity index (χ1n) is 8.16. The number of halogens is 1. The van der Waals surface area contributed by atoms with Crippen molar-refractivity contribution in [3.8, 4) is 5.75 Å². The summed E-state index contributed by atoms with van der Waals surface area (Å²) in [5, 5.41) is 0.634. The smallest absolute Gasteiger partial charge is 0.224 e. The molecular formula is C19H20ClN3O2. The average Bonchev–Trinajstić information content (AvgIpc) is 3.03. The van der Waals surface area contributed by atoms with Crippen molar-refractivity contribution >= 4 is 28.5 Å². The Morgan fingerprint density at radius 2 is 2.08 bits per heavy atom. The van der Waals surface area contributed by atoms with E-state index in [0.717, 1.165) is 11.0 Å². The molecule has 0 aliphatic carbocycles. The van der Waals surface area contributed by atoms with Crippen LogP contribution in [0.1, 0.15) is 6.42 Å². The minimum atomic E-state index is 0.0764. The number of para-hydroxylation sites is 2. The van der Waals surface area contributed by atoms with E-state index in [1.165, 1.54) is 0 Å². The van der Waals surface area contributed by atoms with Gasteiger partial charge in [0.2, 0.25) is 5.91 Å². The van der Waals surface area contributed by atoms with Crippen molar-refractivity contribution in [2.45, 2.75) is 13.0 Å². The number of hydrogen-bond donors (Lipinski definition) is 0. The third-order valence-electron chi connectivity index (χ3n) is 4.01. The number of aromatic nitrogens is 2. The van der Waals surface area contributed by atoms with Gasteiger partial charge in [-0.3, -0.25) is 4.79 Å². The molecule has 25 heavy (non-hydrogen) atoms. The quantitative estimate of drug-likeness (QED) is 0.649.